The van der Waals surface area contributed by atoms with Crippen LogP contribution >= 0.6 is 11.6 Å². The third-order valence-electron chi connectivity index (χ3n) is 6.68. The number of piperidine rings is 1. The summed E-state index contributed by atoms with van der Waals surface area (Å²) in [7, 11) is -3.82. The van der Waals surface area contributed by atoms with Crippen LogP contribution in [0.3, 0.4) is 0 Å². The Kier molecular flexibility index (Phi) is 7.14. The molecule has 0 spiro atoms. The summed E-state index contributed by atoms with van der Waals surface area (Å²) in [6, 6.07) is 13.3. The number of sulfonamides is 1. The third-order valence-corrected chi connectivity index (χ3v) is 8.42. The van der Waals surface area contributed by atoms with Crippen LogP contribution in [0.25, 0.3) is 0 Å². The molecular weight excluding hydrogens is 450 g/mol. The molecule has 2 aromatic carbocycles. The van der Waals surface area contributed by atoms with E-state index >= 15 is 0 Å². The highest BCUT2D eigenvalue weighted by Gasteiger charge is 2.36. The van der Waals surface area contributed by atoms with Crippen molar-refractivity contribution in [2.75, 3.05) is 13.1 Å². The number of nitrogens with one attached hydrogen (secondary N) is 1. The number of non-ortho nitro benzene ring substituents is 1. The number of benzene rings is 2. The average molecular weight is 478 g/mol. The van der Waals surface area contributed by atoms with Crippen molar-refractivity contribution in [3.05, 3.63) is 69.2 Å². The minimum absolute atomic E-state index is 0.0565. The van der Waals surface area contributed by atoms with Gasteiger partial charge in [-0.05, 0) is 74.9 Å². The van der Waals surface area contributed by atoms with E-state index in [1.165, 1.54) is 23.8 Å². The Morgan fingerprint density at radius 3 is 2.47 bits per heavy atom. The number of nitro benzene ring substituents is 1. The Balaban J connectivity index is 1.36. The Morgan fingerprint density at radius 1 is 1.06 bits per heavy atom. The molecule has 1 saturated carbocycles. The summed E-state index contributed by atoms with van der Waals surface area (Å²) < 4.78 is 28.7. The molecule has 1 saturated heterocycles. The number of nitro groups is 1. The van der Waals surface area contributed by atoms with Gasteiger partial charge in [0.1, 0.15) is 0 Å². The van der Waals surface area contributed by atoms with Gasteiger partial charge in [0.05, 0.1) is 9.82 Å². The SMILES string of the molecule is O=[N+]([O-])c1cccc(S(=O)(=O)N[C@@H]2CCC[C@H]2N2CCC(Cc3ccc(Cl)cc3)CC2)c1. The van der Waals surface area contributed by atoms with Crippen molar-refractivity contribution in [2.45, 2.75) is 55.5 Å². The normalized spacial score (nSPS) is 22.8. The number of nitrogens with zero attached hydrogens (tertiary/aromatic N) is 2. The van der Waals surface area contributed by atoms with E-state index in [9.17, 15) is 18.5 Å². The molecule has 2 aromatic rings. The first-order valence-corrected chi connectivity index (χ1v) is 12.9. The minimum Gasteiger partial charge on any atom is -0.299 e. The molecule has 2 atom stereocenters. The van der Waals surface area contributed by atoms with Gasteiger partial charge in [0.2, 0.25) is 10.0 Å². The van der Waals surface area contributed by atoms with Crippen molar-refractivity contribution in [1.82, 2.24) is 9.62 Å². The first-order valence-electron chi connectivity index (χ1n) is 11.1. The topological polar surface area (TPSA) is 92.5 Å². The van der Waals surface area contributed by atoms with Crippen molar-refractivity contribution in [3.63, 3.8) is 0 Å². The summed E-state index contributed by atoms with van der Waals surface area (Å²) >= 11 is 5.98. The van der Waals surface area contributed by atoms with Crippen LogP contribution in [-0.2, 0) is 16.4 Å². The third kappa shape index (κ3) is 5.49. The molecular formula is C23H28ClN3O4S. The zero-order valence-electron chi connectivity index (χ0n) is 17.8. The molecule has 1 N–H and O–H groups in total. The molecule has 9 heteroatoms. The second kappa shape index (κ2) is 9.87. The van der Waals surface area contributed by atoms with Gasteiger partial charge in [0.15, 0.2) is 0 Å². The summed E-state index contributed by atoms with van der Waals surface area (Å²) in [6.07, 6.45) is 5.93. The second-order valence-electron chi connectivity index (χ2n) is 8.79. The molecule has 7 nitrogen and oxygen atoms in total. The second-order valence-corrected chi connectivity index (χ2v) is 10.9. The van der Waals surface area contributed by atoms with Crippen LogP contribution in [0, 0.1) is 16.0 Å². The quantitative estimate of drug-likeness (QED) is 0.471. The smallest absolute Gasteiger partial charge is 0.270 e. The van der Waals surface area contributed by atoms with E-state index in [2.05, 4.69) is 21.8 Å². The van der Waals surface area contributed by atoms with Crippen molar-refractivity contribution < 1.29 is 13.3 Å². The molecule has 1 aliphatic carbocycles. The number of hydrogen-bond donors (Lipinski definition) is 1. The van der Waals surface area contributed by atoms with Crippen LogP contribution in [0.15, 0.2) is 53.4 Å². The van der Waals surface area contributed by atoms with Gasteiger partial charge < -0.3 is 0 Å². The van der Waals surface area contributed by atoms with Crippen LogP contribution in [0.5, 0.6) is 0 Å². The molecule has 0 bridgehead atoms. The van der Waals surface area contributed by atoms with Gasteiger partial charge >= 0.3 is 0 Å². The zero-order chi connectivity index (χ0) is 22.7. The monoisotopic (exact) mass is 477 g/mol. The Hall–Kier alpha value is -2.00. The summed E-state index contributed by atoms with van der Waals surface area (Å²) in [6.45, 7) is 1.91. The van der Waals surface area contributed by atoms with Crippen LogP contribution in [-0.4, -0.2) is 43.4 Å². The molecule has 0 radical (unpaired) electrons. The lowest BCUT2D eigenvalue weighted by Crippen LogP contribution is -2.51. The lowest BCUT2D eigenvalue weighted by molar-refractivity contribution is -0.385. The van der Waals surface area contributed by atoms with Gasteiger partial charge in [0.25, 0.3) is 5.69 Å². The molecule has 0 amide bonds. The Bertz CT molecular complexity index is 1050. The van der Waals surface area contributed by atoms with Gasteiger partial charge in [-0.15, -0.1) is 0 Å². The standard InChI is InChI=1S/C23H28ClN3O4S/c24-19-9-7-17(8-10-19)15-18-11-13-26(14-12-18)23-6-2-5-22(23)25-32(30,31)21-4-1-3-20(16-21)27(28)29/h1,3-4,7-10,16,18,22-23,25H,2,5-6,11-15H2/t22-,23-/m1/s1. The van der Waals surface area contributed by atoms with Crippen molar-refractivity contribution in [1.29, 1.82) is 0 Å². The van der Waals surface area contributed by atoms with Gasteiger partial charge in [-0.1, -0.05) is 36.2 Å². The number of halogens is 1. The highest BCUT2D eigenvalue weighted by atomic mass is 35.5. The number of rotatable bonds is 7. The van der Waals surface area contributed by atoms with E-state index in [0.29, 0.717) is 5.92 Å². The lowest BCUT2D eigenvalue weighted by atomic mass is 9.89. The van der Waals surface area contributed by atoms with Crippen molar-refractivity contribution >= 4 is 27.3 Å². The van der Waals surface area contributed by atoms with E-state index in [4.69, 9.17) is 11.6 Å². The lowest BCUT2D eigenvalue weighted by Gasteiger charge is -2.38. The van der Waals surface area contributed by atoms with E-state index in [-0.39, 0.29) is 22.7 Å². The van der Waals surface area contributed by atoms with Gasteiger partial charge in [-0.2, -0.15) is 0 Å². The fourth-order valence-corrected chi connectivity index (χ4v) is 6.46. The number of hydrogen-bond acceptors (Lipinski definition) is 5. The average Bonchev–Trinajstić information content (AvgIpc) is 3.23. The molecule has 2 aliphatic rings. The molecule has 0 unspecified atom stereocenters. The van der Waals surface area contributed by atoms with E-state index in [0.717, 1.165) is 62.7 Å². The van der Waals surface area contributed by atoms with Crippen molar-refractivity contribution in [3.8, 4) is 0 Å². The molecule has 1 aliphatic heterocycles. The maximum absolute atomic E-state index is 12.9. The van der Waals surface area contributed by atoms with Crippen LogP contribution in [0.2, 0.25) is 5.02 Å². The fraction of sp³-hybridized carbons (Fsp3) is 0.478. The predicted molar refractivity (Wildman–Crippen MR) is 124 cm³/mol. The predicted octanol–water partition coefficient (Wildman–Crippen LogP) is 4.40. The highest BCUT2D eigenvalue weighted by Crippen LogP contribution is 2.31. The van der Waals surface area contributed by atoms with E-state index in [1.807, 2.05) is 12.1 Å². The van der Waals surface area contributed by atoms with E-state index < -0.39 is 14.9 Å². The van der Waals surface area contributed by atoms with Gasteiger partial charge in [-0.25, -0.2) is 13.1 Å². The summed E-state index contributed by atoms with van der Waals surface area (Å²) in [5.74, 6) is 0.619. The molecule has 4 rings (SSSR count). The maximum Gasteiger partial charge on any atom is 0.270 e. The Labute approximate surface area is 194 Å². The maximum atomic E-state index is 12.9. The zero-order valence-corrected chi connectivity index (χ0v) is 19.4. The van der Waals surface area contributed by atoms with Crippen LogP contribution < -0.4 is 4.72 Å². The van der Waals surface area contributed by atoms with Crippen LogP contribution in [0.4, 0.5) is 5.69 Å². The highest BCUT2D eigenvalue weighted by molar-refractivity contribution is 7.89. The fourth-order valence-electron chi connectivity index (χ4n) is 4.99. The Morgan fingerprint density at radius 2 is 1.78 bits per heavy atom. The first-order chi connectivity index (χ1) is 15.3. The molecule has 32 heavy (non-hydrogen) atoms. The minimum atomic E-state index is -3.82. The van der Waals surface area contributed by atoms with E-state index in [1.54, 1.807) is 0 Å². The van der Waals surface area contributed by atoms with Crippen LogP contribution in [0.1, 0.15) is 37.7 Å². The summed E-state index contributed by atoms with van der Waals surface area (Å²) in [4.78, 5) is 12.8. The molecule has 0 aromatic heterocycles. The first kappa shape index (κ1) is 23.2. The summed E-state index contributed by atoms with van der Waals surface area (Å²) in [5.41, 5.74) is 1.08. The number of likely N-dealkylation sites (tertiary alicyclic amines) is 1. The largest absolute Gasteiger partial charge is 0.299 e. The molecule has 1 heterocycles. The van der Waals surface area contributed by atoms with Crippen molar-refractivity contribution in [2.24, 2.45) is 5.92 Å². The summed E-state index contributed by atoms with van der Waals surface area (Å²) in [5, 5.41) is 11.8. The molecule has 172 valence electrons. The molecule has 2 fully saturated rings. The van der Waals surface area contributed by atoms with Gasteiger partial charge in [-0.3, -0.25) is 15.0 Å². The van der Waals surface area contributed by atoms with Gasteiger partial charge in [0, 0.05) is 29.2 Å².